The van der Waals surface area contributed by atoms with Crippen LogP contribution in [0.3, 0.4) is 0 Å². The van der Waals surface area contributed by atoms with Crippen LogP contribution in [0.15, 0.2) is 34.7 Å². The van der Waals surface area contributed by atoms with E-state index in [1.807, 2.05) is 37.3 Å². The molecule has 0 unspecified atom stereocenters. The van der Waals surface area contributed by atoms with E-state index >= 15 is 0 Å². The maximum Gasteiger partial charge on any atom is 0.364 e. The van der Waals surface area contributed by atoms with E-state index in [4.69, 9.17) is 19.0 Å². The third-order valence-electron chi connectivity index (χ3n) is 4.52. The number of carbonyl (C=O) groups is 1. The third kappa shape index (κ3) is 4.08. The first-order chi connectivity index (χ1) is 12.0. The summed E-state index contributed by atoms with van der Waals surface area (Å²) in [6.45, 7) is 4.17. The summed E-state index contributed by atoms with van der Waals surface area (Å²) < 4.78 is 16.5. The zero-order chi connectivity index (χ0) is 17.9. The molecule has 0 atom stereocenters. The number of hydrogen-bond donors (Lipinski definition) is 1. The summed E-state index contributed by atoms with van der Waals surface area (Å²) in [5.74, 6) is -0.905. The number of oxazole rings is 1. The van der Waals surface area contributed by atoms with Crippen LogP contribution in [0.2, 0.25) is 0 Å². The van der Waals surface area contributed by atoms with Gasteiger partial charge < -0.3 is 19.0 Å². The number of hydrogen-bond acceptors (Lipinski definition) is 5. The molecule has 0 amide bonds. The quantitative estimate of drug-likeness (QED) is 0.864. The fourth-order valence-electron chi connectivity index (χ4n) is 2.86. The van der Waals surface area contributed by atoms with Gasteiger partial charge in [0.2, 0.25) is 5.89 Å². The summed E-state index contributed by atoms with van der Waals surface area (Å²) in [4.78, 5) is 15.7. The van der Waals surface area contributed by atoms with Crippen molar-refractivity contribution in [2.45, 2.75) is 38.9 Å². The molecule has 1 aliphatic heterocycles. The van der Waals surface area contributed by atoms with E-state index in [-0.39, 0.29) is 5.92 Å². The van der Waals surface area contributed by atoms with Crippen molar-refractivity contribution in [1.82, 2.24) is 4.98 Å². The van der Waals surface area contributed by atoms with Crippen molar-refractivity contribution in [3.8, 4) is 11.5 Å². The average Bonchev–Trinajstić information content (AvgIpc) is 2.98. The predicted octanol–water partition coefficient (Wildman–Crippen LogP) is 3.44. The number of rotatable bonds is 6. The minimum absolute atomic E-state index is 0.202. The average molecular weight is 345 g/mol. The Bertz CT molecular complexity index is 717. The number of benzene rings is 1. The summed E-state index contributed by atoms with van der Waals surface area (Å²) in [6.07, 6.45) is 2.63. The van der Waals surface area contributed by atoms with Crippen LogP contribution < -0.4 is 0 Å². The Labute approximate surface area is 146 Å². The van der Waals surface area contributed by atoms with Crippen LogP contribution in [-0.4, -0.2) is 35.1 Å². The van der Waals surface area contributed by atoms with E-state index in [1.54, 1.807) is 0 Å². The second kappa shape index (κ2) is 7.37. The van der Waals surface area contributed by atoms with Gasteiger partial charge in [-0.05, 0) is 38.3 Å². The van der Waals surface area contributed by atoms with Crippen LogP contribution >= 0.6 is 0 Å². The van der Waals surface area contributed by atoms with Crippen LogP contribution in [0.25, 0.3) is 11.5 Å². The van der Waals surface area contributed by atoms with Gasteiger partial charge in [-0.1, -0.05) is 18.2 Å². The zero-order valence-corrected chi connectivity index (χ0v) is 14.5. The summed E-state index contributed by atoms with van der Waals surface area (Å²) in [6, 6.07) is 9.84. The molecule has 3 rings (SSSR count). The van der Waals surface area contributed by atoms with Crippen LogP contribution in [-0.2, 0) is 20.7 Å². The number of carboxylic acids is 1. The second-order valence-electron chi connectivity index (χ2n) is 6.52. The normalized spacial score (nSPS) is 23.5. The second-order valence-corrected chi connectivity index (χ2v) is 6.52. The highest BCUT2D eigenvalue weighted by atomic mass is 16.7. The van der Waals surface area contributed by atoms with E-state index in [9.17, 15) is 4.79 Å². The highest BCUT2D eigenvalue weighted by Gasteiger charge is 2.40. The van der Waals surface area contributed by atoms with Gasteiger partial charge in [0.05, 0.1) is 18.9 Å². The molecule has 1 saturated heterocycles. The summed E-state index contributed by atoms with van der Waals surface area (Å²) >= 11 is 0. The standard InChI is InChI=1S/C19H23NO5/c1-13-16(20-17(25-13)15-8-4-3-5-9-15)10-6-7-14-11-23-19(2,18(21)22)24-12-14/h3-5,8-9,14H,6-7,10-12H2,1-2H3,(H,21,22). The van der Waals surface area contributed by atoms with Crippen molar-refractivity contribution in [1.29, 1.82) is 0 Å². The molecule has 6 heteroatoms. The first-order valence-electron chi connectivity index (χ1n) is 8.51. The molecule has 25 heavy (non-hydrogen) atoms. The lowest BCUT2D eigenvalue weighted by Crippen LogP contribution is -2.47. The van der Waals surface area contributed by atoms with Crippen molar-refractivity contribution in [2.24, 2.45) is 5.92 Å². The molecule has 1 N–H and O–H groups in total. The van der Waals surface area contributed by atoms with Gasteiger partial charge in [0.25, 0.3) is 5.79 Å². The lowest BCUT2D eigenvalue weighted by Gasteiger charge is -2.34. The van der Waals surface area contributed by atoms with Gasteiger partial charge in [-0.15, -0.1) is 0 Å². The maximum atomic E-state index is 11.1. The number of aromatic nitrogens is 1. The highest BCUT2D eigenvalue weighted by molar-refractivity contribution is 5.75. The Morgan fingerprint density at radius 3 is 2.60 bits per heavy atom. The Kier molecular flexibility index (Phi) is 5.20. The predicted molar refractivity (Wildman–Crippen MR) is 91.0 cm³/mol. The van der Waals surface area contributed by atoms with Gasteiger partial charge in [-0.3, -0.25) is 0 Å². The fourth-order valence-corrected chi connectivity index (χ4v) is 2.86. The molecule has 2 aromatic rings. The van der Waals surface area contributed by atoms with E-state index in [2.05, 4.69) is 4.98 Å². The minimum atomic E-state index is -1.51. The monoisotopic (exact) mass is 345 g/mol. The first kappa shape index (κ1) is 17.6. The lowest BCUT2D eigenvalue weighted by molar-refractivity contribution is -0.271. The molecule has 1 aromatic carbocycles. The van der Waals surface area contributed by atoms with Gasteiger partial charge in [0.15, 0.2) is 0 Å². The molecule has 0 radical (unpaired) electrons. The molecular weight excluding hydrogens is 322 g/mol. The summed E-state index contributed by atoms with van der Waals surface area (Å²) in [7, 11) is 0. The van der Waals surface area contributed by atoms with Crippen LogP contribution in [0.1, 0.15) is 31.2 Å². The Morgan fingerprint density at radius 1 is 1.28 bits per heavy atom. The van der Waals surface area contributed by atoms with Gasteiger partial charge >= 0.3 is 5.97 Å². The van der Waals surface area contributed by atoms with E-state index < -0.39 is 11.8 Å². The highest BCUT2D eigenvalue weighted by Crippen LogP contribution is 2.26. The van der Waals surface area contributed by atoms with Crippen molar-refractivity contribution in [3.63, 3.8) is 0 Å². The molecule has 1 fully saturated rings. The molecule has 6 nitrogen and oxygen atoms in total. The van der Waals surface area contributed by atoms with Gasteiger partial charge in [-0.25, -0.2) is 9.78 Å². The number of nitrogens with zero attached hydrogens (tertiary/aromatic N) is 1. The van der Waals surface area contributed by atoms with Crippen molar-refractivity contribution < 1.29 is 23.8 Å². The SMILES string of the molecule is Cc1oc(-c2ccccc2)nc1CCCC1COC(C)(C(=O)O)OC1. The number of carboxylic acid groups (broad SMARTS) is 1. The van der Waals surface area contributed by atoms with E-state index in [1.165, 1.54) is 6.92 Å². The van der Waals surface area contributed by atoms with Crippen LogP contribution in [0.5, 0.6) is 0 Å². The van der Waals surface area contributed by atoms with Crippen molar-refractivity contribution in [2.75, 3.05) is 13.2 Å². The lowest BCUT2D eigenvalue weighted by atomic mass is 10.0. The van der Waals surface area contributed by atoms with Gasteiger partial charge in [-0.2, -0.15) is 0 Å². The molecule has 134 valence electrons. The van der Waals surface area contributed by atoms with E-state index in [0.29, 0.717) is 19.1 Å². The van der Waals surface area contributed by atoms with Crippen LogP contribution in [0.4, 0.5) is 0 Å². The molecule has 0 aliphatic carbocycles. The first-order valence-corrected chi connectivity index (χ1v) is 8.51. The smallest absolute Gasteiger partial charge is 0.364 e. The maximum absolute atomic E-state index is 11.1. The third-order valence-corrected chi connectivity index (χ3v) is 4.52. The molecule has 0 bridgehead atoms. The largest absolute Gasteiger partial charge is 0.477 e. The molecule has 2 heterocycles. The molecular formula is C19H23NO5. The molecule has 1 aromatic heterocycles. The number of aryl methyl sites for hydroxylation is 2. The fraction of sp³-hybridized carbons (Fsp3) is 0.474. The molecule has 0 spiro atoms. The zero-order valence-electron chi connectivity index (χ0n) is 14.5. The van der Waals surface area contributed by atoms with Gasteiger partial charge in [0.1, 0.15) is 5.76 Å². The Hall–Kier alpha value is -2.18. The Morgan fingerprint density at radius 2 is 1.96 bits per heavy atom. The summed E-state index contributed by atoms with van der Waals surface area (Å²) in [5, 5.41) is 9.07. The van der Waals surface area contributed by atoms with Crippen molar-refractivity contribution in [3.05, 3.63) is 41.8 Å². The molecule has 0 saturated carbocycles. The van der Waals surface area contributed by atoms with Gasteiger partial charge in [0, 0.05) is 18.4 Å². The Balaban J connectivity index is 1.50. The summed E-state index contributed by atoms with van der Waals surface area (Å²) in [5.41, 5.74) is 1.94. The minimum Gasteiger partial charge on any atom is -0.477 e. The molecule has 1 aliphatic rings. The van der Waals surface area contributed by atoms with E-state index in [0.717, 1.165) is 36.3 Å². The number of aliphatic carboxylic acids is 1. The van der Waals surface area contributed by atoms with Crippen LogP contribution in [0, 0.1) is 12.8 Å². The number of ether oxygens (including phenoxy) is 2. The topological polar surface area (TPSA) is 81.8 Å². The van der Waals surface area contributed by atoms with Crippen molar-refractivity contribution >= 4 is 5.97 Å².